The number of carbonyl (C=O) groups is 2. The van der Waals surface area contributed by atoms with Crippen molar-refractivity contribution in [2.24, 2.45) is 0 Å². The van der Waals surface area contributed by atoms with Crippen LogP contribution in [0.25, 0.3) is 0 Å². The van der Waals surface area contributed by atoms with Gasteiger partial charge in [0, 0.05) is 19.7 Å². The molecule has 11 heteroatoms. The molecule has 3 aromatic rings. The van der Waals surface area contributed by atoms with Crippen LogP contribution < -0.4 is 23.8 Å². The SMILES string of the molecule is CC[C@@H](C(=O)NC)N(Cc1ccc(OC)cc1)C(=O)CN(c1cc(C)cc(C)c1)S(=O)(=O)c1ccc(OC)c(OC)c1. The minimum atomic E-state index is -4.28. The first-order valence-electron chi connectivity index (χ1n) is 13.5. The number of rotatable bonds is 13. The van der Waals surface area contributed by atoms with Gasteiger partial charge in [-0.25, -0.2) is 8.42 Å². The van der Waals surface area contributed by atoms with Crippen LogP contribution >= 0.6 is 0 Å². The standard InChI is InChI=1S/C31H39N3O7S/c1-8-27(31(36)32-4)33(19-23-9-11-25(39-5)12-10-23)30(35)20-34(24-16-21(2)15-22(3)17-24)42(37,38)26-13-14-28(40-6)29(18-26)41-7/h9-18,27H,8,19-20H2,1-7H3,(H,32,36)/t27-/m0/s1. The van der Waals surface area contributed by atoms with Gasteiger partial charge in [0.05, 0.1) is 31.9 Å². The number of sulfonamides is 1. The van der Waals surface area contributed by atoms with E-state index in [1.54, 1.807) is 50.4 Å². The van der Waals surface area contributed by atoms with Crippen LogP contribution in [0.1, 0.15) is 30.0 Å². The van der Waals surface area contributed by atoms with Crippen molar-refractivity contribution in [2.75, 3.05) is 39.2 Å². The lowest BCUT2D eigenvalue weighted by Crippen LogP contribution is -2.51. The van der Waals surface area contributed by atoms with Gasteiger partial charge < -0.3 is 24.4 Å². The molecule has 0 saturated heterocycles. The Hall–Kier alpha value is -4.25. The van der Waals surface area contributed by atoms with Crippen LogP contribution in [0, 0.1) is 13.8 Å². The minimum Gasteiger partial charge on any atom is -0.497 e. The molecule has 0 unspecified atom stereocenters. The second-order valence-electron chi connectivity index (χ2n) is 9.78. The number of anilines is 1. The highest BCUT2D eigenvalue weighted by molar-refractivity contribution is 7.92. The molecule has 3 aromatic carbocycles. The molecule has 0 aliphatic carbocycles. The molecule has 0 radical (unpaired) electrons. The quantitative estimate of drug-likeness (QED) is 0.316. The molecular formula is C31H39N3O7S. The summed E-state index contributed by atoms with van der Waals surface area (Å²) in [6.45, 7) is 5.06. The summed E-state index contributed by atoms with van der Waals surface area (Å²) in [5.41, 5.74) is 2.74. The number of likely N-dealkylation sites (N-methyl/N-ethyl adjacent to an activating group) is 1. The predicted octanol–water partition coefficient (Wildman–Crippen LogP) is 4.08. The van der Waals surface area contributed by atoms with E-state index in [2.05, 4.69) is 5.32 Å². The smallest absolute Gasteiger partial charge is 0.264 e. The lowest BCUT2D eigenvalue weighted by atomic mass is 10.1. The largest absolute Gasteiger partial charge is 0.497 e. The minimum absolute atomic E-state index is 0.0767. The number of carbonyl (C=O) groups excluding carboxylic acids is 2. The summed E-state index contributed by atoms with van der Waals surface area (Å²) in [6.07, 6.45) is 0.327. The Balaban J connectivity index is 2.12. The molecule has 2 amide bonds. The van der Waals surface area contributed by atoms with Gasteiger partial charge in [0.25, 0.3) is 10.0 Å². The van der Waals surface area contributed by atoms with E-state index in [1.807, 2.05) is 19.9 Å². The Kier molecular flexibility index (Phi) is 10.8. The third-order valence-corrected chi connectivity index (χ3v) is 8.63. The highest BCUT2D eigenvalue weighted by Crippen LogP contribution is 2.33. The summed E-state index contributed by atoms with van der Waals surface area (Å²) < 4.78 is 45.4. The number of methoxy groups -OCH3 is 3. The number of aryl methyl sites for hydroxylation is 2. The maximum Gasteiger partial charge on any atom is 0.264 e. The Labute approximate surface area is 248 Å². The van der Waals surface area contributed by atoms with Gasteiger partial charge in [0.15, 0.2) is 11.5 Å². The summed E-state index contributed by atoms with van der Waals surface area (Å²) in [5, 5.41) is 2.62. The van der Waals surface area contributed by atoms with Crippen LogP contribution in [0.4, 0.5) is 5.69 Å². The zero-order valence-corrected chi connectivity index (χ0v) is 25.9. The van der Waals surface area contributed by atoms with E-state index in [9.17, 15) is 18.0 Å². The molecular weight excluding hydrogens is 558 g/mol. The van der Waals surface area contributed by atoms with Crippen molar-refractivity contribution >= 4 is 27.5 Å². The van der Waals surface area contributed by atoms with Crippen LogP contribution in [0.2, 0.25) is 0 Å². The van der Waals surface area contributed by atoms with E-state index < -0.39 is 28.5 Å². The molecule has 42 heavy (non-hydrogen) atoms. The number of nitrogens with zero attached hydrogens (tertiary/aromatic N) is 2. The fourth-order valence-electron chi connectivity index (χ4n) is 4.74. The Morgan fingerprint density at radius 3 is 2.00 bits per heavy atom. The van der Waals surface area contributed by atoms with Gasteiger partial charge in [-0.3, -0.25) is 13.9 Å². The topological polar surface area (TPSA) is 114 Å². The molecule has 1 N–H and O–H groups in total. The molecule has 226 valence electrons. The molecule has 0 aliphatic heterocycles. The maximum absolute atomic E-state index is 14.2. The van der Waals surface area contributed by atoms with Crippen molar-refractivity contribution in [2.45, 2.75) is 44.7 Å². The molecule has 0 spiro atoms. The van der Waals surface area contributed by atoms with Gasteiger partial charge in [-0.05, 0) is 73.4 Å². The van der Waals surface area contributed by atoms with Crippen LogP contribution in [0.3, 0.4) is 0 Å². The normalized spacial score (nSPS) is 11.8. The Bertz CT molecular complexity index is 1490. The highest BCUT2D eigenvalue weighted by atomic mass is 32.2. The van der Waals surface area contributed by atoms with E-state index >= 15 is 0 Å². The van der Waals surface area contributed by atoms with Crippen molar-refractivity contribution in [3.63, 3.8) is 0 Å². The number of benzene rings is 3. The van der Waals surface area contributed by atoms with Crippen LogP contribution in [-0.4, -0.2) is 66.1 Å². The average Bonchev–Trinajstić information content (AvgIpc) is 2.98. The molecule has 0 bridgehead atoms. The molecule has 10 nitrogen and oxygen atoms in total. The third-order valence-electron chi connectivity index (χ3n) is 6.86. The monoisotopic (exact) mass is 597 g/mol. The number of nitrogens with one attached hydrogen (secondary N) is 1. The molecule has 0 heterocycles. The fourth-order valence-corrected chi connectivity index (χ4v) is 6.16. The first-order valence-corrected chi connectivity index (χ1v) is 14.9. The number of hydrogen-bond donors (Lipinski definition) is 1. The average molecular weight is 598 g/mol. The first-order chi connectivity index (χ1) is 20.0. The Morgan fingerprint density at radius 1 is 0.857 bits per heavy atom. The van der Waals surface area contributed by atoms with Gasteiger partial charge in [0.1, 0.15) is 18.3 Å². The van der Waals surface area contributed by atoms with Crippen molar-refractivity contribution in [3.05, 3.63) is 77.4 Å². The van der Waals surface area contributed by atoms with Gasteiger partial charge in [-0.2, -0.15) is 0 Å². The maximum atomic E-state index is 14.2. The van der Waals surface area contributed by atoms with Gasteiger partial charge in [-0.1, -0.05) is 25.1 Å². The summed E-state index contributed by atoms with van der Waals surface area (Å²) >= 11 is 0. The zero-order chi connectivity index (χ0) is 31.0. The van der Waals surface area contributed by atoms with Crippen molar-refractivity contribution in [3.8, 4) is 17.2 Å². The van der Waals surface area contributed by atoms with E-state index in [0.717, 1.165) is 21.0 Å². The van der Waals surface area contributed by atoms with Crippen molar-refractivity contribution < 1.29 is 32.2 Å². The van der Waals surface area contributed by atoms with E-state index in [1.165, 1.54) is 44.4 Å². The second-order valence-corrected chi connectivity index (χ2v) is 11.6. The number of ether oxygens (including phenoxy) is 3. The van der Waals surface area contributed by atoms with Crippen molar-refractivity contribution in [1.82, 2.24) is 10.2 Å². The van der Waals surface area contributed by atoms with Gasteiger partial charge in [-0.15, -0.1) is 0 Å². The van der Waals surface area contributed by atoms with Gasteiger partial charge >= 0.3 is 0 Å². The van der Waals surface area contributed by atoms with E-state index in [-0.39, 0.29) is 23.1 Å². The van der Waals surface area contributed by atoms with Crippen LogP contribution in [-0.2, 0) is 26.2 Å². The summed E-state index contributed by atoms with van der Waals surface area (Å²) in [4.78, 5) is 28.3. The molecule has 0 fully saturated rings. The Morgan fingerprint density at radius 2 is 1.48 bits per heavy atom. The zero-order valence-electron chi connectivity index (χ0n) is 25.1. The lowest BCUT2D eigenvalue weighted by Gasteiger charge is -2.33. The van der Waals surface area contributed by atoms with Gasteiger partial charge in [0.2, 0.25) is 11.8 Å². The number of amides is 2. The highest BCUT2D eigenvalue weighted by Gasteiger charge is 2.34. The molecule has 0 saturated carbocycles. The lowest BCUT2D eigenvalue weighted by molar-refractivity contribution is -0.140. The first kappa shape index (κ1) is 32.3. The van der Waals surface area contributed by atoms with Crippen LogP contribution in [0.15, 0.2) is 65.6 Å². The second kappa shape index (κ2) is 14.1. The molecule has 0 aliphatic rings. The molecule has 1 atom stereocenters. The molecule has 3 rings (SSSR count). The summed E-state index contributed by atoms with van der Waals surface area (Å²) in [6, 6.07) is 15.9. The third kappa shape index (κ3) is 7.33. The number of hydrogen-bond acceptors (Lipinski definition) is 7. The predicted molar refractivity (Wildman–Crippen MR) is 162 cm³/mol. The van der Waals surface area contributed by atoms with E-state index in [0.29, 0.717) is 23.6 Å². The van der Waals surface area contributed by atoms with Crippen LogP contribution in [0.5, 0.6) is 17.2 Å². The summed E-state index contributed by atoms with van der Waals surface area (Å²) in [5.74, 6) is 0.367. The van der Waals surface area contributed by atoms with E-state index in [4.69, 9.17) is 14.2 Å². The molecule has 0 aromatic heterocycles. The fraction of sp³-hybridized carbons (Fsp3) is 0.355. The summed E-state index contributed by atoms with van der Waals surface area (Å²) in [7, 11) is 1.66. The van der Waals surface area contributed by atoms with Crippen molar-refractivity contribution in [1.29, 1.82) is 0 Å².